The number of benzene rings is 3. The van der Waals surface area contributed by atoms with Crippen LogP contribution in [-0.4, -0.2) is 23.0 Å². The minimum absolute atomic E-state index is 0.0456. The van der Waals surface area contributed by atoms with Gasteiger partial charge in [0.05, 0.1) is 10.9 Å². The highest BCUT2D eigenvalue weighted by molar-refractivity contribution is 8.00. The number of nitrogens with one attached hydrogen (secondary N) is 1. The number of carbonyl (C=O) groups excluding carboxylic acids is 3. The van der Waals surface area contributed by atoms with E-state index in [9.17, 15) is 23.2 Å². The zero-order chi connectivity index (χ0) is 22.0. The van der Waals surface area contributed by atoms with E-state index in [1.54, 1.807) is 24.3 Å². The molecule has 1 unspecified atom stereocenters. The third kappa shape index (κ3) is 4.64. The number of thioether (sulfide) groups is 1. The highest BCUT2D eigenvalue weighted by Gasteiger charge is 2.40. The lowest BCUT2D eigenvalue weighted by Gasteiger charge is -2.15. The number of halogens is 2. The first kappa shape index (κ1) is 20.7. The van der Waals surface area contributed by atoms with E-state index in [1.165, 1.54) is 60.3 Å². The van der Waals surface area contributed by atoms with Gasteiger partial charge in [-0.1, -0.05) is 0 Å². The number of nitrogens with zero attached hydrogens (tertiary/aromatic N) is 1. The molecule has 0 radical (unpaired) electrons. The average molecular weight is 438 g/mol. The van der Waals surface area contributed by atoms with Gasteiger partial charge in [-0.3, -0.25) is 14.4 Å². The average Bonchev–Trinajstić information content (AvgIpc) is 3.03. The Morgan fingerprint density at radius 1 is 0.871 bits per heavy atom. The molecule has 0 spiro atoms. The van der Waals surface area contributed by atoms with E-state index in [1.807, 2.05) is 0 Å². The molecule has 0 aromatic heterocycles. The smallest absolute Gasteiger partial charge is 0.255 e. The molecule has 1 N–H and O–H groups in total. The number of amides is 3. The molecular formula is C23H16F2N2O3S. The third-order valence-electron chi connectivity index (χ3n) is 4.69. The highest BCUT2D eigenvalue weighted by atomic mass is 32.2. The van der Waals surface area contributed by atoms with Gasteiger partial charge in [-0.25, -0.2) is 13.7 Å². The van der Waals surface area contributed by atoms with E-state index >= 15 is 0 Å². The van der Waals surface area contributed by atoms with Gasteiger partial charge in [0, 0.05) is 22.6 Å². The van der Waals surface area contributed by atoms with Gasteiger partial charge in [-0.2, -0.15) is 0 Å². The summed E-state index contributed by atoms with van der Waals surface area (Å²) in [6.45, 7) is 0. The van der Waals surface area contributed by atoms with Crippen LogP contribution in [0.1, 0.15) is 16.8 Å². The number of carbonyl (C=O) groups is 3. The molecule has 1 heterocycles. The maximum absolute atomic E-state index is 13.1. The van der Waals surface area contributed by atoms with Gasteiger partial charge < -0.3 is 5.32 Å². The summed E-state index contributed by atoms with van der Waals surface area (Å²) in [4.78, 5) is 39.1. The first-order valence-corrected chi connectivity index (χ1v) is 10.2. The summed E-state index contributed by atoms with van der Waals surface area (Å²) >= 11 is 1.25. The van der Waals surface area contributed by atoms with E-state index in [2.05, 4.69) is 5.32 Å². The van der Waals surface area contributed by atoms with Crippen molar-refractivity contribution in [1.29, 1.82) is 0 Å². The third-order valence-corrected chi connectivity index (χ3v) is 5.88. The molecule has 8 heteroatoms. The lowest BCUT2D eigenvalue weighted by atomic mass is 10.2. The van der Waals surface area contributed by atoms with Crippen molar-refractivity contribution in [3.05, 3.63) is 90.0 Å². The lowest BCUT2D eigenvalue weighted by Crippen LogP contribution is -2.31. The fourth-order valence-corrected chi connectivity index (χ4v) is 4.20. The van der Waals surface area contributed by atoms with Gasteiger partial charge in [0.25, 0.3) is 5.91 Å². The maximum Gasteiger partial charge on any atom is 0.255 e. The van der Waals surface area contributed by atoms with E-state index in [0.29, 0.717) is 16.9 Å². The summed E-state index contributed by atoms with van der Waals surface area (Å²) in [6, 6.07) is 17.3. The number of hydrogen-bond acceptors (Lipinski definition) is 4. The zero-order valence-electron chi connectivity index (χ0n) is 16.0. The Hall–Kier alpha value is -3.52. The Balaban J connectivity index is 1.40. The number of imide groups is 1. The molecule has 1 aliphatic heterocycles. The van der Waals surface area contributed by atoms with E-state index in [-0.39, 0.29) is 24.1 Å². The predicted octanol–water partition coefficient (Wildman–Crippen LogP) is 4.64. The largest absolute Gasteiger partial charge is 0.322 e. The summed E-state index contributed by atoms with van der Waals surface area (Å²) in [5.74, 6) is -1.92. The van der Waals surface area contributed by atoms with Crippen molar-refractivity contribution in [2.45, 2.75) is 16.6 Å². The maximum atomic E-state index is 13.1. The predicted molar refractivity (Wildman–Crippen MR) is 114 cm³/mol. The summed E-state index contributed by atoms with van der Waals surface area (Å²) in [5, 5.41) is 2.13. The van der Waals surface area contributed by atoms with Gasteiger partial charge in [-0.05, 0) is 72.8 Å². The van der Waals surface area contributed by atoms with Gasteiger partial charge >= 0.3 is 0 Å². The minimum Gasteiger partial charge on any atom is -0.322 e. The molecular weight excluding hydrogens is 422 g/mol. The van der Waals surface area contributed by atoms with Crippen LogP contribution in [0.3, 0.4) is 0 Å². The normalized spacial score (nSPS) is 15.9. The standard InChI is InChI=1S/C23H16F2N2O3S/c24-15-3-1-14(2-4-15)22(29)26-17-7-11-19(12-8-17)31-20-13-21(28)27(23(20)30)18-9-5-16(25)6-10-18/h1-12,20H,13H2,(H,26,29). The second-order valence-corrected chi connectivity index (χ2v) is 8.12. The fraction of sp³-hybridized carbons (Fsp3) is 0.0870. The van der Waals surface area contributed by atoms with Crippen molar-refractivity contribution in [3.8, 4) is 0 Å². The van der Waals surface area contributed by atoms with Gasteiger partial charge in [0.2, 0.25) is 11.8 Å². The lowest BCUT2D eigenvalue weighted by molar-refractivity contribution is -0.121. The van der Waals surface area contributed by atoms with Crippen LogP contribution in [0.25, 0.3) is 0 Å². The Labute approximate surface area is 181 Å². The van der Waals surface area contributed by atoms with Gasteiger partial charge in [0.1, 0.15) is 11.6 Å². The molecule has 3 aromatic rings. The van der Waals surface area contributed by atoms with Crippen molar-refractivity contribution in [3.63, 3.8) is 0 Å². The van der Waals surface area contributed by atoms with E-state index in [4.69, 9.17) is 0 Å². The summed E-state index contributed by atoms with van der Waals surface area (Å²) < 4.78 is 26.1. The van der Waals surface area contributed by atoms with Gasteiger partial charge in [0.15, 0.2) is 0 Å². The fourth-order valence-electron chi connectivity index (χ4n) is 3.14. The number of anilines is 2. The molecule has 0 bridgehead atoms. The second-order valence-electron chi connectivity index (χ2n) is 6.84. The van der Waals surface area contributed by atoms with Crippen molar-refractivity contribution in [2.75, 3.05) is 10.2 Å². The van der Waals surface area contributed by atoms with Crippen molar-refractivity contribution in [1.82, 2.24) is 0 Å². The van der Waals surface area contributed by atoms with Gasteiger partial charge in [-0.15, -0.1) is 11.8 Å². The molecule has 3 aromatic carbocycles. The van der Waals surface area contributed by atoms with Crippen LogP contribution in [0.2, 0.25) is 0 Å². The molecule has 3 amide bonds. The second kappa shape index (κ2) is 8.69. The van der Waals surface area contributed by atoms with Crippen LogP contribution in [0.15, 0.2) is 77.7 Å². The Morgan fingerprint density at radius 3 is 2.06 bits per heavy atom. The Kier molecular flexibility index (Phi) is 5.81. The van der Waals surface area contributed by atoms with Crippen LogP contribution in [0.4, 0.5) is 20.2 Å². The van der Waals surface area contributed by atoms with Crippen LogP contribution in [0.5, 0.6) is 0 Å². The number of hydrogen-bond donors (Lipinski definition) is 1. The quantitative estimate of drug-likeness (QED) is 0.590. The first-order chi connectivity index (χ1) is 14.9. The molecule has 31 heavy (non-hydrogen) atoms. The first-order valence-electron chi connectivity index (χ1n) is 9.37. The summed E-state index contributed by atoms with van der Waals surface area (Å²) in [7, 11) is 0. The number of rotatable bonds is 5. The van der Waals surface area contributed by atoms with Crippen LogP contribution < -0.4 is 10.2 Å². The topological polar surface area (TPSA) is 66.5 Å². The highest BCUT2D eigenvalue weighted by Crippen LogP contribution is 2.34. The molecule has 1 fully saturated rings. The Morgan fingerprint density at radius 2 is 1.45 bits per heavy atom. The van der Waals surface area contributed by atoms with Crippen molar-refractivity contribution < 1.29 is 23.2 Å². The zero-order valence-corrected chi connectivity index (χ0v) is 16.9. The molecule has 5 nitrogen and oxygen atoms in total. The van der Waals surface area contributed by atoms with Crippen LogP contribution >= 0.6 is 11.8 Å². The molecule has 156 valence electrons. The summed E-state index contributed by atoms with van der Waals surface area (Å²) in [5.41, 5.74) is 1.22. The monoisotopic (exact) mass is 438 g/mol. The minimum atomic E-state index is -0.586. The molecule has 0 aliphatic carbocycles. The molecule has 0 saturated carbocycles. The van der Waals surface area contributed by atoms with Crippen LogP contribution in [-0.2, 0) is 9.59 Å². The Bertz CT molecular complexity index is 1130. The summed E-state index contributed by atoms with van der Waals surface area (Å²) in [6.07, 6.45) is 0.0456. The van der Waals surface area contributed by atoms with Crippen LogP contribution in [0, 0.1) is 11.6 Å². The molecule has 1 saturated heterocycles. The molecule has 4 rings (SSSR count). The molecule has 1 aliphatic rings. The SMILES string of the molecule is O=C(Nc1ccc(SC2CC(=O)N(c3ccc(F)cc3)C2=O)cc1)c1ccc(F)cc1. The van der Waals surface area contributed by atoms with Crippen molar-refractivity contribution >= 4 is 40.9 Å². The molecule has 1 atom stereocenters. The van der Waals surface area contributed by atoms with Crippen molar-refractivity contribution in [2.24, 2.45) is 0 Å². The van der Waals surface area contributed by atoms with E-state index < -0.39 is 16.9 Å². The van der Waals surface area contributed by atoms with E-state index in [0.717, 1.165) is 9.80 Å².